The average molecular weight is 295 g/mol. The molecule has 1 unspecified atom stereocenters. The molecule has 2 aromatic rings. The Morgan fingerprint density at radius 2 is 2.35 bits per heavy atom. The topological polar surface area (TPSA) is 64.2 Å². The smallest absolute Gasteiger partial charge is 0.274 e. The molecule has 3 rings (SSSR count). The van der Waals surface area contributed by atoms with E-state index < -0.39 is 0 Å². The fraction of sp³-hybridized carbons (Fsp3) is 0.462. The van der Waals surface area contributed by atoms with Crippen LogP contribution in [-0.2, 0) is 7.05 Å². The van der Waals surface area contributed by atoms with Crippen LogP contribution in [-0.4, -0.2) is 32.3 Å². The molecule has 1 amide bonds. The van der Waals surface area contributed by atoms with E-state index >= 15 is 0 Å². The summed E-state index contributed by atoms with van der Waals surface area (Å²) in [6, 6.07) is 1.83. The molecule has 0 aliphatic carbocycles. The summed E-state index contributed by atoms with van der Waals surface area (Å²) in [6.07, 6.45) is 3.31. The van der Waals surface area contributed by atoms with Gasteiger partial charge in [-0.2, -0.15) is 5.10 Å². The molecule has 20 heavy (non-hydrogen) atoms. The SMILES string of the molecule is Cc1cc(C2CCCN2C(=O)c2c(Cl)cnn2C)no1. The molecule has 7 heteroatoms. The second-order valence-electron chi connectivity index (χ2n) is 4.98. The van der Waals surface area contributed by atoms with Gasteiger partial charge in [-0.25, -0.2) is 0 Å². The molecule has 1 aliphatic heterocycles. The summed E-state index contributed by atoms with van der Waals surface area (Å²) in [7, 11) is 1.71. The summed E-state index contributed by atoms with van der Waals surface area (Å²) in [5.41, 5.74) is 1.21. The minimum Gasteiger partial charge on any atom is -0.361 e. The van der Waals surface area contributed by atoms with E-state index in [4.69, 9.17) is 16.1 Å². The predicted octanol–water partition coefficient (Wildman–Crippen LogP) is 2.35. The molecular formula is C13H15ClN4O2. The molecular weight excluding hydrogens is 280 g/mol. The number of hydrogen-bond donors (Lipinski definition) is 0. The van der Waals surface area contributed by atoms with E-state index in [1.165, 1.54) is 10.9 Å². The summed E-state index contributed by atoms with van der Waals surface area (Å²) in [6.45, 7) is 2.53. The Balaban J connectivity index is 1.91. The molecule has 0 spiro atoms. The van der Waals surface area contributed by atoms with Gasteiger partial charge in [-0.15, -0.1) is 0 Å². The third-order valence-corrected chi connectivity index (χ3v) is 3.87. The molecule has 0 radical (unpaired) electrons. The summed E-state index contributed by atoms with van der Waals surface area (Å²) in [5, 5.41) is 8.42. The minimum atomic E-state index is -0.113. The molecule has 3 heterocycles. The van der Waals surface area contributed by atoms with Crippen molar-refractivity contribution < 1.29 is 9.32 Å². The number of hydrogen-bond acceptors (Lipinski definition) is 4. The van der Waals surface area contributed by atoms with E-state index in [9.17, 15) is 4.79 Å². The zero-order valence-electron chi connectivity index (χ0n) is 11.3. The largest absolute Gasteiger partial charge is 0.361 e. The van der Waals surface area contributed by atoms with E-state index in [0.717, 1.165) is 24.3 Å². The lowest BCUT2D eigenvalue weighted by Gasteiger charge is -2.23. The van der Waals surface area contributed by atoms with Gasteiger partial charge in [0.05, 0.1) is 17.3 Å². The van der Waals surface area contributed by atoms with Gasteiger partial charge in [-0.05, 0) is 19.8 Å². The molecule has 2 aromatic heterocycles. The second kappa shape index (κ2) is 4.94. The Labute approximate surface area is 121 Å². The van der Waals surface area contributed by atoms with E-state index in [0.29, 0.717) is 17.3 Å². The Morgan fingerprint density at radius 3 is 2.95 bits per heavy atom. The second-order valence-corrected chi connectivity index (χ2v) is 5.39. The van der Waals surface area contributed by atoms with Crippen LogP contribution in [0.2, 0.25) is 5.02 Å². The highest BCUT2D eigenvalue weighted by molar-refractivity contribution is 6.33. The van der Waals surface area contributed by atoms with Crippen molar-refractivity contribution in [2.75, 3.05) is 6.54 Å². The van der Waals surface area contributed by atoms with Crippen molar-refractivity contribution in [1.29, 1.82) is 0 Å². The Morgan fingerprint density at radius 1 is 1.55 bits per heavy atom. The molecule has 1 saturated heterocycles. The lowest BCUT2D eigenvalue weighted by molar-refractivity contribution is 0.0720. The first-order valence-corrected chi connectivity index (χ1v) is 6.87. The monoisotopic (exact) mass is 294 g/mol. The number of amides is 1. The van der Waals surface area contributed by atoms with Crippen LogP contribution in [0.4, 0.5) is 0 Å². The quantitative estimate of drug-likeness (QED) is 0.853. The number of likely N-dealkylation sites (tertiary alicyclic amines) is 1. The normalized spacial score (nSPS) is 18.8. The van der Waals surface area contributed by atoms with E-state index in [2.05, 4.69) is 10.3 Å². The summed E-state index contributed by atoms with van der Waals surface area (Å²) in [4.78, 5) is 14.5. The van der Waals surface area contributed by atoms with Gasteiger partial charge in [0.25, 0.3) is 5.91 Å². The Hall–Kier alpha value is -1.82. The molecule has 1 atom stereocenters. The zero-order valence-corrected chi connectivity index (χ0v) is 12.1. The molecule has 106 valence electrons. The third kappa shape index (κ3) is 2.10. The lowest BCUT2D eigenvalue weighted by Crippen LogP contribution is -2.32. The van der Waals surface area contributed by atoms with Gasteiger partial charge in [0.1, 0.15) is 17.1 Å². The van der Waals surface area contributed by atoms with Crippen LogP contribution >= 0.6 is 11.6 Å². The van der Waals surface area contributed by atoms with Crippen molar-refractivity contribution in [1.82, 2.24) is 19.8 Å². The van der Waals surface area contributed by atoms with Crippen LogP contribution < -0.4 is 0 Å². The standard InChI is InChI=1S/C13H15ClN4O2/c1-8-6-10(16-20-8)11-4-3-5-18(11)13(19)12-9(14)7-15-17(12)2/h6-7,11H,3-5H2,1-2H3. The van der Waals surface area contributed by atoms with Crippen LogP contribution in [0.1, 0.15) is 40.8 Å². The third-order valence-electron chi connectivity index (χ3n) is 3.60. The first-order valence-electron chi connectivity index (χ1n) is 6.49. The summed E-state index contributed by atoms with van der Waals surface area (Å²) < 4.78 is 6.62. The number of carbonyl (C=O) groups excluding carboxylic acids is 1. The van der Waals surface area contributed by atoms with Gasteiger partial charge in [-0.1, -0.05) is 16.8 Å². The maximum absolute atomic E-state index is 12.7. The highest BCUT2D eigenvalue weighted by Crippen LogP contribution is 2.33. The van der Waals surface area contributed by atoms with Gasteiger partial charge >= 0.3 is 0 Å². The molecule has 6 nitrogen and oxygen atoms in total. The fourth-order valence-electron chi connectivity index (χ4n) is 2.65. The molecule has 1 fully saturated rings. The fourth-order valence-corrected chi connectivity index (χ4v) is 2.89. The molecule has 0 N–H and O–H groups in total. The number of rotatable bonds is 2. The van der Waals surface area contributed by atoms with Crippen LogP contribution in [0.5, 0.6) is 0 Å². The van der Waals surface area contributed by atoms with Gasteiger partial charge in [0, 0.05) is 19.7 Å². The van der Waals surface area contributed by atoms with Gasteiger partial charge < -0.3 is 9.42 Å². The van der Waals surface area contributed by atoms with E-state index in [1.807, 2.05) is 13.0 Å². The summed E-state index contributed by atoms with van der Waals surface area (Å²) in [5.74, 6) is 0.635. The predicted molar refractivity (Wildman–Crippen MR) is 72.5 cm³/mol. The van der Waals surface area contributed by atoms with Crippen molar-refractivity contribution in [3.05, 3.63) is 34.4 Å². The van der Waals surface area contributed by atoms with Gasteiger partial charge in [-0.3, -0.25) is 9.48 Å². The molecule has 1 aliphatic rings. The maximum Gasteiger partial charge on any atom is 0.274 e. The highest BCUT2D eigenvalue weighted by atomic mass is 35.5. The number of halogens is 1. The molecule has 0 aromatic carbocycles. The van der Waals surface area contributed by atoms with Gasteiger partial charge in [0.15, 0.2) is 0 Å². The zero-order chi connectivity index (χ0) is 14.3. The van der Waals surface area contributed by atoms with Crippen LogP contribution in [0, 0.1) is 6.92 Å². The number of aryl methyl sites for hydroxylation is 2. The minimum absolute atomic E-state index is 0.0501. The van der Waals surface area contributed by atoms with Crippen LogP contribution in [0.15, 0.2) is 16.8 Å². The first kappa shape index (κ1) is 13.2. The lowest BCUT2D eigenvalue weighted by atomic mass is 10.1. The van der Waals surface area contributed by atoms with Gasteiger partial charge in [0.2, 0.25) is 0 Å². The molecule has 0 saturated carbocycles. The van der Waals surface area contributed by atoms with Crippen LogP contribution in [0.3, 0.4) is 0 Å². The number of nitrogens with zero attached hydrogens (tertiary/aromatic N) is 4. The van der Waals surface area contributed by atoms with Crippen molar-refractivity contribution in [3.63, 3.8) is 0 Å². The van der Waals surface area contributed by atoms with E-state index in [-0.39, 0.29) is 11.9 Å². The van der Waals surface area contributed by atoms with Crippen molar-refractivity contribution >= 4 is 17.5 Å². The number of carbonyl (C=O) groups is 1. The highest BCUT2D eigenvalue weighted by Gasteiger charge is 2.34. The van der Waals surface area contributed by atoms with Crippen molar-refractivity contribution in [2.45, 2.75) is 25.8 Å². The van der Waals surface area contributed by atoms with Crippen molar-refractivity contribution in [3.8, 4) is 0 Å². The van der Waals surface area contributed by atoms with Crippen LogP contribution in [0.25, 0.3) is 0 Å². The van der Waals surface area contributed by atoms with E-state index in [1.54, 1.807) is 11.9 Å². The maximum atomic E-state index is 12.7. The summed E-state index contributed by atoms with van der Waals surface area (Å²) >= 11 is 6.05. The van der Waals surface area contributed by atoms with Crippen molar-refractivity contribution in [2.24, 2.45) is 7.05 Å². The Bertz CT molecular complexity index is 629. The number of aromatic nitrogens is 3. The Kier molecular flexibility index (Phi) is 3.25. The average Bonchev–Trinajstić information content (AvgIpc) is 3.09. The first-order chi connectivity index (χ1) is 9.58. The molecule has 0 bridgehead atoms.